The molecule has 0 radical (unpaired) electrons. The van der Waals surface area contributed by atoms with E-state index in [0.717, 1.165) is 34.0 Å². The van der Waals surface area contributed by atoms with Gasteiger partial charge < -0.3 is 14.8 Å². The van der Waals surface area contributed by atoms with Crippen LogP contribution in [0.2, 0.25) is 0 Å². The third-order valence-corrected chi connectivity index (χ3v) is 7.31. The second-order valence-corrected chi connectivity index (χ2v) is 9.52. The maximum absolute atomic E-state index is 13.8. The highest BCUT2D eigenvalue weighted by Gasteiger charge is 2.42. The first-order chi connectivity index (χ1) is 17.5. The first kappa shape index (κ1) is 22.4. The molecule has 0 saturated carbocycles. The van der Waals surface area contributed by atoms with E-state index in [9.17, 15) is 4.39 Å². The number of fused-ring (bicyclic) bond motifs is 1. The lowest BCUT2D eigenvalue weighted by Crippen LogP contribution is -2.29. The fourth-order valence-electron chi connectivity index (χ4n) is 5.41. The summed E-state index contributed by atoms with van der Waals surface area (Å²) in [6.45, 7) is 4.29. The number of rotatable bonds is 4. The zero-order chi connectivity index (χ0) is 24.8. The van der Waals surface area contributed by atoms with Gasteiger partial charge in [0.15, 0.2) is 5.11 Å². The highest BCUT2D eigenvalue weighted by Crippen LogP contribution is 2.44. The Morgan fingerprint density at radius 1 is 0.889 bits per heavy atom. The van der Waals surface area contributed by atoms with Crippen LogP contribution in [0.1, 0.15) is 34.7 Å². The van der Waals surface area contributed by atoms with Crippen molar-refractivity contribution in [1.82, 2.24) is 14.9 Å². The van der Waals surface area contributed by atoms with E-state index < -0.39 is 0 Å². The van der Waals surface area contributed by atoms with Crippen LogP contribution in [0.25, 0.3) is 16.5 Å². The number of nitrogens with one attached hydrogen (secondary N) is 1. The topological polar surface area (TPSA) is 33.1 Å². The quantitative estimate of drug-likeness (QED) is 0.275. The molecule has 2 aromatic heterocycles. The van der Waals surface area contributed by atoms with E-state index >= 15 is 0 Å². The van der Waals surface area contributed by atoms with Crippen molar-refractivity contribution in [3.63, 3.8) is 0 Å². The normalized spacial score (nSPS) is 17.5. The maximum Gasteiger partial charge on any atom is 0.174 e. The molecular weight excluding hydrogens is 467 g/mol. The number of aryl methyl sites for hydroxylation is 1. The molecule has 1 fully saturated rings. The first-order valence-electron chi connectivity index (χ1n) is 12.0. The van der Waals surface area contributed by atoms with Gasteiger partial charge in [-0.3, -0.25) is 4.98 Å². The molecule has 6 rings (SSSR count). The minimum atomic E-state index is -0.274. The molecule has 1 aliphatic heterocycles. The van der Waals surface area contributed by atoms with Gasteiger partial charge in [-0.25, -0.2) is 4.39 Å². The molecule has 2 atom stereocenters. The number of nitrogens with zero attached hydrogens (tertiary/aromatic N) is 3. The third-order valence-electron chi connectivity index (χ3n) is 7.00. The molecule has 6 heteroatoms. The van der Waals surface area contributed by atoms with Crippen molar-refractivity contribution in [2.45, 2.75) is 25.9 Å². The average Bonchev–Trinajstić information content (AvgIpc) is 3.39. The minimum Gasteiger partial charge on any atom is -0.351 e. The molecule has 4 nitrogen and oxygen atoms in total. The van der Waals surface area contributed by atoms with E-state index in [1.807, 2.05) is 18.2 Å². The lowest BCUT2D eigenvalue weighted by atomic mass is 9.96. The van der Waals surface area contributed by atoms with E-state index in [-0.39, 0.29) is 17.9 Å². The summed E-state index contributed by atoms with van der Waals surface area (Å²) in [5.74, 6) is -0.274. The second-order valence-electron chi connectivity index (χ2n) is 9.13. The van der Waals surface area contributed by atoms with E-state index in [4.69, 9.17) is 12.2 Å². The summed E-state index contributed by atoms with van der Waals surface area (Å²) in [6.07, 6.45) is 1.80. The van der Waals surface area contributed by atoms with Crippen LogP contribution in [-0.2, 0) is 0 Å². The zero-order valence-electron chi connectivity index (χ0n) is 20.0. The van der Waals surface area contributed by atoms with Crippen LogP contribution in [0.3, 0.4) is 0 Å². The summed E-state index contributed by atoms with van der Waals surface area (Å²) in [5, 5.41) is 6.49. The van der Waals surface area contributed by atoms with Gasteiger partial charge in [-0.05, 0) is 85.5 Å². The number of hydrogen-bond donors (Lipinski definition) is 1. The monoisotopic (exact) mass is 492 g/mol. The predicted octanol–water partition coefficient (Wildman–Crippen LogP) is 6.96. The van der Waals surface area contributed by atoms with Gasteiger partial charge in [-0.15, -0.1) is 0 Å². The molecule has 3 aromatic carbocycles. The van der Waals surface area contributed by atoms with Crippen LogP contribution < -0.4 is 10.2 Å². The third kappa shape index (κ3) is 3.65. The van der Waals surface area contributed by atoms with Gasteiger partial charge in [0.25, 0.3) is 0 Å². The number of benzene rings is 3. The average molecular weight is 493 g/mol. The summed E-state index contributed by atoms with van der Waals surface area (Å²) in [7, 11) is 0. The fourth-order valence-corrected chi connectivity index (χ4v) is 5.76. The van der Waals surface area contributed by atoms with Crippen molar-refractivity contribution in [2.24, 2.45) is 0 Å². The number of pyridine rings is 1. The van der Waals surface area contributed by atoms with Crippen molar-refractivity contribution in [2.75, 3.05) is 4.90 Å². The SMILES string of the molecule is Cc1cc([C@H]2[C@@H](c3ccccn3)NC(=S)N2c2ccc(F)cc2)c(C)n1-c1cccc2ccccc12. The zero-order valence-corrected chi connectivity index (χ0v) is 20.8. The fraction of sp³-hybridized carbons (Fsp3) is 0.133. The Morgan fingerprint density at radius 3 is 2.42 bits per heavy atom. The Bertz CT molecular complexity index is 1570. The Morgan fingerprint density at radius 2 is 1.64 bits per heavy atom. The van der Waals surface area contributed by atoms with E-state index in [2.05, 4.69) is 82.1 Å². The maximum atomic E-state index is 13.8. The molecule has 1 saturated heterocycles. The molecule has 0 unspecified atom stereocenters. The van der Waals surface area contributed by atoms with Crippen LogP contribution in [-0.4, -0.2) is 14.7 Å². The molecule has 1 aliphatic rings. The minimum absolute atomic E-state index is 0.159. The predicted molar refractivity (Wildman–Crippen MR) is 147 cm³/mol. The molecule has 178 valence electrons. The van der Waals surface area contributed by atoms with Crippen molar-refractivity contribution < 1.29 is 4.39 Å². The lowest BCUT2D eigenvalue weighted by molar-refractivity contribution is 0.565. The highest BCUT2D eigenvalue weighted by molar-refractivity contribution is 7.80. The smallest absolute Gasteiger partial charge is 0.174 e. The van der Waals surface area contributed by atoms with Crippen molar-refractivity contribution in [3.05, 3.63) is 126 Å². The largest absolute Gasteiger partial charge is 0.351 e. The van der Waals surface area contributed by atoms with Crippen molar-refractivity contribution in [3.8, 4) is 5.69 Å². The van der Waals surface area contributed by atoms with Gasteiger partial charge in [0.2, 0.25) is 0 Å². The molecular formula is C30H25FN4S. The Hall–Kier alpha value is -4.03. The van der Waals surface area contributed by atoms with Crippen LogP contribution in [0.15, 0.2) is 97.2 Å². The van der Waals surface area contributed by atoms with Crippen molar-refractivity contribution in [1.29, 1.82) is 0 Å². The standard InChI is InChI=1S/C30H25FN4S/c1-19-18-25(20(2)34(19)27-12-7-9-21-8-3-4-10-24(21)27)29-28(26-11-5-6-17-32-26)33-30(36)35(29)23-15-13-22(31)14-16-23/h3-18,28-29H,1-2H3,(H,33,36)/t28-,29+/m1/s1. The van der Waals surface area contributed by atoms with E-state index in [0.29, 0.717) is 5.11 Å². The number of hydrogen-bond acceptors (Lipinski definition) is 2. The van der Waals surface area contributed by atoms with Gasteiger partial charge in [-0.1, -0.05) is 42.5 Å². The lowest BCUT2D eigenvalue weighted by Gasteiger charge is -2.28. The van der Waals surface area contributed by atoms with E-state index in [1.165, 1.54) is 22.9 Å². The summed E-state index contributed by atoms with van der Waals surface area (Å²) < 4.78 is 16.1. The van der Waals surface area contributed by atoms with Gasteiger partial charge in [0.1, 0.15) is 5.82 Å². The van der Waals surface area contributed by atoms with Crippen LogP contribution >= 0.6 is 12.2 Å². The van der Waals surface area contributed by atoms with Crippen molar-refractivity contribution >= 4 is 33.8 Å². The van der Waals surface area contributed by atoms with Gasteiger partial charge in [0.05, 0.1) is 23.5 Å². The van der Waals surface area contributed by atoms with Gasteiger partial charge >= 0.3 is 0 Å². The summed E-state index contributed by atoms with van der Waals surface area (Å²) in [5.41, 5.74) is 6.30. The number of thiocarbonyl (C=S) groups is 1. The molecule has 5 aromatic rings. The van der Waals surface area contributed by atoms with Crippen LogP contribution in [0.4, 0.5) is 10.1 Å². The Kier molecular flexibility index (Phi) is 5.53. The molecule has 0 bridgehead atoms. The van der Waals surface area contributed by atoms with Crippen LogP contribution in [0, 0.1) is 19.7 Å². The Labute approximate surface area is 215 Å². The highest BCUT2D eigenvalue weighted by atomic mass is 32.1. The van der Waals surface area contributed by atoms with Gasteiger partial charge in [0, 0.05) is 28.7 Å². The Balaban J connectivity index is 1.55. The van der Waals surface area contributed by atoms with Crippen LogP contribution in [0.5, 0.6) is 0 Å². The molecule has 0 spiro atoms. The summed E-state index contributed by atoms with van der Waals surface area (Å²) in [6, 6.07) is 29.2. The summed E-state index contributed by atoms with van der Waals surface area (Å²) >= 11 is 5.84. The number of halogens is 1. The second kappa shape index (κ2) is 8.88. The van der Waals surface area contributed by atoms with E-state index in [1.54, 1.807) is 18.3 Å². The molecule has 0 amide bonds. The van der Waals surface area contributed by atoms with Gasteiger partial charge in [-0.2, -0.15) is 0 Å². The number of anilines is 1. The number of aromatic nitrogens is 2. The first-order valence-corrected chi connectivity index (χ1v) is 12.4. The summed E-state index contributed by atoms with van der Waals surface area (Å²) in [4.78, 5) is 6.74. The molecule has 36 heavy (non-hydrogen) atoms. The molecule has 1 N–H and O–H groups in total. The molecule has 3 heterocycles. The molecule has 0 aliphatic carbocycles.